The van der Waals surface area contributed by atoms with Crippen molar-refractivity contribution in [2.45, 2.75) is 31.3 Å². The first-order chi connectivity index (χ1) is 9.67. The van der Waals surface area contributed by atoms with Gasteiger partial charge in [-0.25, -0.2) is 18.0 Å². The smallest absolute Gasteiger partial charge is 0.326 e. The first-order valence-electron chi connectivity index (χ1n) is 6.50. The molecule has 1 unspecified atom stereocenters. The van der Waals surface area contributed by atoms with Crippen LogP contribution in [0.4, 0.5) is 4.79 Å². The Labute approximate surface area is 126 Å². The van der Waals surface area contributed by atoms with Crippen molar-refractivity contribution in [3.63, 3.8) is 0 Å². The van der Waals surface area contributed by atoms with E-state index in [4.69, 9.17) is 5.11 Å². The van der Waals surface area contributed by atoms with Crippen molar-refractivity contribution in [1.29, 1.82) is 0 Å². The third-order valence-corrected chi connectivity index (χ3v) is 5.46. The molecule has 21 heavy (non-hydrogen) atoms. The summed E-state index contributed by atoms with van der Waals surface area (Å²) in [6.45, 7) is 0. The minimum Gasteiger partial charge on any atom is -0.480 e. The van der Waals surface area contributed by atoms with Crippen molar-refractivity contribution in [1.82, 2.24) is 10.6 Å². The van der Waals surface area contributed by atoms with E-state index in [1.54, 1.807) is 0 Å². The Morgan fingerprint density at radius 3 is 2.38 bits per heavy atom. The summed E-state index contributed by atoms with van der Waals surface area (Å²) >= 11 is 0. The monoisotopic (exact) mass is 340 g/mol. The van der Waals surface area contributed by atoms with E-state index < -0.39 is 38.7 Å². The Morgan fingerprint density at radius 2 is 1.90 bits per heavy atom. The van der Waals surface area contributed by atoms with Gasteiger partial charge in [-0.1, -0.05) is 0 Å². The molecule has 1 aliphatic heterocycles. The van der Waals surface area contributed by atoms with Crippen LogP contribution in [-0.2, 0) is 25.4 Å². The number of carboxylic acids is 1. The lowest BCUT2D eigenvalue weighted by Crippen LogP contribution is -2.50. The molecule has 0 bridgehead atoms. The van der Waals surface area contributed by atoms with Gasteiger partial charge < -0.3 is 15.7 Å². The lowest BCUT2D eigenvalue weighted by Gasteiger charge is -2.23. The Balaban J connectivity index is 2.45. The van der Waals surface area contributed by atoms with Gasteiger partial charge >= 0.3 is 12.0 Å². The van der Waals surface area contributed by atoms with Crippen LogP contribution in [0.25, 0.3) is 0 Å². The molecule has 0 spiro atoms. The highest BCUT2D eigenvalue weighted by Crippen LogP contribution is 2.09. The molecule has 0 aromatic carbocycles. The van der Waals surface area contributed by atoms with E-state index in [1.165, 1.54) is 0 Å². The van der Waals surface area contributed by atoms with Crippen LogP contribution in [0.2, 0.25) is 0 Å². The molecule has 8 nitrogen and oxygen atoms in total. The second-order valence-electron chi connectivity index (χ2n) is 5.05. The molecule has 0 radical (unpaired) electrons. The zero-order chi connectivity index (χ0) is 16.0. The van der Waals surface area contributed by atoms with Gasteiger partial charge in [0, 0.05) is 34.6 Å². The highest BCUT2D eigenvalue weighted by molar-refractivity contribution is 7.90. The second-order valence-corrected chi connectivity index (χ2v) is 9.01. The van der Waals surface area contributed by atoms with Crippen molar-refractivity contribution in [2.75, 3.05) is 23.5 Å². The minimum atomic E-state index is -3.29. The molecule has 1 rings (SSSR count). The van der Waals surface area contributed by atoms with Gasteiger partial charge in [0.25, 0.3) is 0 Å². The van der Waals surface area contributed by atoms with E-state index in [-0.39, 0.29) is 18.2 Å². The van der Waals surface area contributed by atoms with Gasteiger partial charge in [-0.05, 0) is 19.3 Å². The molecule has 0 aromatic rings. The van der Waals surface area contributed by atoms with E-state index >= 15 is 0 Å². The number of hydrogen-bond donors (Lipinski definition) is 3. The predicted octanol–water partition coefficient (Wildman–Crippen LogP) is -0.915. The summed E-state index contributed by atoms with van der Waals surface area (Å²) in [5, 5.41) is 13.9. The maximum atomic E-state index is 11.7. The third-order valence-electron chi connectivity index (χ3n) is 3.10. The van der Waals surface area contributed by atoms with Crippen LogP contribution in [0.3, 0.4) is 0 Å². The lowest BCUT2D eigenvalue weighted by molar-refractivity contribution is -0.139. The number of urea groups is 1. The van der Waals surface area contributed by atoms with Gasteiger partial charge in [-0.3, -0.25) is 4.21 Å². The van der Waals surface area contributed by atoms with E-state index in [9.17, 15) is 22.2 Å². The summed E-state index contributed by atoms with van der Waals surface area (Å²) in [7, 11) is -4.13. The van der Waals surface area contributed by atoms with Gasteiger partial charge in [0.05, 0.1) is 5.75 Å². The van der Waals surface area contributed by atoms with Crippen LogP contribution in [0, 0.1) is 0 Å². The van der Waals surface area contributed by atoms with Gasteiger partial charge in [-0.2, -0.15) is 0 Å². The molecular formula is C11H20N2O6S2. The number of carboxylic acid groups (broad SMARTS) is 1. The Morgan fingerprint density at radius 1 is 1.33 bits per heavy atom. The molecule has 1 fully saturated rings. The fourth-order valence-corrected chi connectivity index (χ4v) is 3.88. The molecule has 10 heteroatoms. The normalized spacial score (nSPS) is 24.0. The van der Waals surface area contributed by atoms with Crippen LogP contribution < -0.4 is 10.6 Å². The van der Waals surface area contributed by atoms with E-state index in [0.29, 0.717) is 24.3 Å². The molecule has 1 heterocycles. The number of hydrogen-bond acceptors (Lipinski definition) is 5. The summed E-state index contributed by atoms with van der Waals surface area (Å²) in [5.41, 5.74) is 0. The molecule has 122 valence electrons. The number of sulfone groups is 1. The number of aliphatic carboxylic acids is 1. The zero-order valence-electron chi connectivity index (χ0n) is 11.7. The quantitative estimate of drug-likeness (QED) is 0.574. The number of carbonyl (C=O) groups is 2. The zero-order valence-corrected chi connectivity index (χ0v) is 13.3. The maximum absolute atomic E-state index is 11.7. The third kappa shape index (κ3) is 7.42. The first-order valence-corrected chi connectivity index (χ1v) is 10.0. The number of nitrogens with one attached hydrogen (secondary N) is 2. The van der Waals surface area contributed by atoms with Crippen molar-refractivity contribution < 1.29 is 27.3 Å². The molecule has 0 aliphatic carbocycles. The van der Waals surface area contributed by atoms with Gasteiger partial charge in [0.1, 0.15) is 15.9 Å². The molecule has 0 saturated carbocycles. The van der Waals surface area contributed by atoms with Crippen LogP contribution in [-0.4, -0.2) is 65.3 Å². The van der Waals surface area contributed by atoms with Crippen LogP contribution >= 0.6 is 0 Å². The van der Waals surface area contributed by atoms with E-state index in [1.807, 2.05) is 0 Å². The molecule has 1 aliphatic rings. The summed E-state index contributed by atoms with van der Waals surface area (Å²) < 4.78 is 33.3. The highest BCUT2D eigenvalue weighted by Gasteiger charge is 2.24. The van der Waals surface area contributed by atoms with Crippen LogP contribution in [0.5, 0.6) is 0 Å². The van der Waals surface area contributed by atoms with Crippen LogP contribution in [0.1, 0.15) is 19.3 Å². The number of rotatable bonds is 6. The molecule has 1 saturated heterocycles. The highest BCUT2D eigenvalue weighted by atomic mass is 32.2. The SMILES string of the molecule is CS(=O)(=O)CCC(NC(=O)NC1CCS(=O)CC1)C(=O)O. The maximum Gasteiger partial charge on any atom is 0.326 e. The largest absolute Gasteiger partial charge is 0.480 e. The Hall–Kier alpha value is -1.16. The molecule has 3 N–H and O–H groups in total. The number of amides is 2. The summed E-state index contributed by atoms with van der Waals surface area (Å²) in [6.07, 6.45) is 1.99. The molecule has 2 amide bonds. The second kappa shape index (κ2) is 7.74. The Kier molecular flexibility index (Phi) is 6.59. The molecule has 0 aromatic heterocycles. The summed E-state index contributed by atoms with van der Waals surface area (Å²) in [4.78, 5) is 22.7. The van der Waals surface area contributed by atoms with E-state index in [0.717, 1.165) is 6.26 Å². The standard InChI is InChI=1S/C11H20N2O6S2/c1-21(18,19)7-4-9(10(14)15)13-11(16)12-8-2-5-20(17)6-3-8/h8-9H,2-7H2,1H3,(H,14,15)(H2,12,13,16). The Bertz CT molecular complexity index is 509. The first kappa shape index (κ1) is 17.9. The van der Waals surface area contributed by atoms with Gasteiger partial charge in [-0.15, -0.1) is 0 Å². The van der Waals surface area contributed by atoms with E-state index in [2.05, 4.69) is 10.6 Å². The van der Waals surface area contributed by atoms with Crippen LogP contribution in [0.15, 0.2) is 0 Å². The lowest BCUT2D eigenvalue weighted by atomic mass is 10.1. The topological polar surface area (TPSA) is 130 Å². The van der Waals surface area contributed by atoms with Gasteiger partial charge in [0.2, 0.25) is 0 Å². The predicted molar refractivity (Wildman–Crippen MR) is 78.3 cm³/mol. The van der Waals surface area contributed by atoms with Crippen molar-refractivity contribution in [3.05, 3.63) is 0 Å². The van der Waals surface area contributed by atoms with Crippen molar-refractivity contribution in [3.8, 4) is 0 Å². The molecule has 1 atom stereocenters. The fourth-order valence-electron chi connectivity index (χ4n) is 1.91. The van der Waals surface area contributed by atoms with Gasteiger partial charge in [0.15, 0.2) is 0 Å². The average Bonchev–Trinajstić information content (AvgIpc) is 2.36. The van der Waals surface area contributed by atoms with Crippen molar-refractivity contribution >= 4 is 32.6 Å². The fraction of sp³-hybridized carbons (Fsp3) is 0.818. The average molecular weight is 340 g/mol. The number of carbonyl (C=O) groups excluding carboxylic acids is 1. The summed E-state index contributed by atoms with van der Waals surface area (Å²) in [6, 6.07) is -2.03. The van der Waals surface area contributed by atoms with Crippen molar-refractivity contribution in [2.24, 2.45) is 0 Å². The minimum absolute atomic E-state index is 0.132. The molecular weight excluding hydrogens is 320 g/mol. The summed E-state index contributed by atoms with van der Waals surface area (Å²) in [5.74, 6) is -0.561.